The fourth-order valence-corrected chi connectivity index (χ4v) is 3.99. The molecule has 3 aromatic heterocycles. The minimum Gasteiger partial charge on any atom is -0.469 e. The Morgan fingerprint density at radius 2 is 2.38 bits per heavy atom. The van der Waals surface area contributed by atoms with Gasteiger partial charge in [0.15, 0.2) is 0 Å². The summed E-state index contributed by atoms with van der Waals surface area (Å²) in [6.45, 7) is 5.77. The van der Waals surface area contributed by atoms with Crippen LogP contribution in [0, 0.1) is 6.92 Å². The maximum absolute atomic E-state index is 14.6. The highest BCUT2D eigenvalue weighted by molar-refractivity contribution is 7.10. The largest absolute Gasteiger partial charge is 0.469 e. The number of carbonyl (C=O) groups excluding carboxylic acids is 1. The maximum Gasteiger partial charge on any atom is 0.246 e. The van der Waals surface area contributed by atoms with Crippen LogP contribution in [0.1, 0.15) is 12.1 Å². The number of likely N-dealkylation sites (tertiary alicyclic amines) is 1. The number of hydrogen-bond donors (Lipinski definition) is 2. The van der Waals surface area contributed by atoms with Gasteiger partial charge in [0.2, 0.25) is 17.7 Å². The molecule has 0 spiro atoms. The van der Waals surface area contributed by atoms with E-state index in [4.69, 9.17) is 16.3 Å². The molecule has 0 radical (unpaired) electrons. The average Bonchev–Trinajstić information content (AvgIpc) is 3.28. The second-order valence-electron chi connectivity index (χ2n) is 6.62. The second-order valence-corrected chi connectivity index (χ2v) is 7.83. The van der Waals surface area contributed by atoms with Gasteiger partial charge >= 0.3 is 0 Å². The Morgan fingerprint density at radius 3 is 3.10 bits per heavy atom. The number of rotatable bonds is 5. The number of nitrogens with one attached hydrogen (secondary N) is 2. The summed E-state index contributed by atoms with van der Waals surface area (Å²) in [7, 11) is 0. The molecule has 29 heavy (non-hydrogen) atoms. The van der Waals surface area contributed by atoms with Crippen molar-refractivity contribution >= 4 is 51.0 Å². The van der Waals surface area contributed by atoms with Gasteiger partial charge in [0, 0.05) is 12.7 Å². The number of amides is 1. The average molecular weight is 437 g/mol. The van der Waals surface area contributed by atoms with Gasteiger partial charge < -0.3 is 19.9 Å². The summed E-state index contributed by atoms with van der Waals surface area (Å²) in [5.74, 6) is 0.145. The molecule has 1 amide bonds. The van der Waals surface area contributed by atoms with Gasteiger partial charge in [-0.1, -0.05) is 18.2 Å². The maximum atomic E-state index is 14.6. The van der Waals surface area contributed by atoms with E-state index in [0.717, 1.165) is 10.7 Å². The van der Waals surface area contributed by atoms with Crippen LogP contribution in [-0.4, -0.2) is 55.5 Å². The molecule has 0 bridgehead atoms. The molecule has 11 heteroatoms. The number of piperidine rings is 1. The molecule has 4 heterocycles. The zero-order chi connectivity index (χ0) is 20.5. The zero-order valence-electron chi connectivity index (χ0n) is 15.5. The van der Waals surface area contributed by atoms with Crippen LogP contribution in [0.2, 0.25) is 5.02 Å². The molecule has 8 nitrogen and oxygen atoms in total. The van der Waals surface area contributed by atoms with Crippen molar-refractivity contribution in [3.05, 3.63) is 35.6 Å². The molecule has 1 aliphatic rings. The van der Waals surface area contributed by atoms with E-state index in [1.165, 1.54) is 22.5 Å². The highest BCUT2D eigenvalue weighted by Crippen LogP contribution is 2.33. The molecule has 3 aromatic rings. The third kappa shape index (κ3) is 4.03. The lowest BCUT2D eigenvalue weighted by molar-refractivity contribution is -0.130. The number of anilines is 2. The molecule has 0 aromatic carbocycles. The van der Waals surface area contributed by atoms with E-state index in [9.17, 15) is 9.18 Å². The Morgan fingerprint density at radius 1 is 1.55 bits per heavy atom. The number of carbonyl (C=O) groups is 1. The van der Waals surface area contributed by atoms with Crippen molar-refractivity contribution in [1.29, 1.82) is 0 Å². The van der Waals surface area contributed by atoms with Crippen LogP contribution in [0.3, 0.4) is 0 Å². The molecule has 0 unspecified atom stereocenters. The van der Waals surface area contributed by atoms with Crippen molar-refractivity contribution in [1.82, 2.24) is 24.2 Å². The first-order valence-corrected chi connectivity index (χ1v) is 10.1. The van der Waals surface area contributed by atoms with Crippen LogP contribution in [0.25, 0.3) is 11.0 Å². The van der Waals surface area contributed by atoms with Gasteiger partial charge in [-0.15, -0.1) is 0 Å². The fourth-order valence-electron chi connectivity index (χ4n) is 3.11. The van der Waals surface area contributed by atoms with Crippen molar-refractivity contribution in [2.45, 2.75) is 25.6 Å². The van der Waals surface area contributed by atoms with E-state index in [-0.39, 0.29) is 30.7 Å². The van der Waals surface area contributed by atoms with E-state index < -0.39 is 12.3 Å². The smallest absolute Gasteiger partial charge is 0.246 e. The number of hydrogen-bond acceptors (Lipinski definition) is 7. The Balaban J connectivity index is 1.65. The predicted molar refractivity (Wildman–Crippen MR) is 110 cm³/mol. The van der Waals surface area contributed by atoms with Crippen molar-refractivity contribution in [2.75, 3.05) is 18.4 Å². The number of alkyl halides is 1. The quantitative estimate of drug-likeness (QED) is 0.593. The molecular formula is C18H18ClFN6O2S. The fraction of sp³-hybridized carbons (Fsp3) is 0.333. The van der Waals surface area contributed by atoms with E-state index in [2.05, 4.69) is 31.2 Å². The number of aromatic amines is 1. The van der Waals surface area contributed by atoms with E-state index in [1.807, 2.05) is 13.0 Å². The highest BCUT2D eigenvalue weighted by Gasteiger charge is 2.33. The molecule has 1 fully saturated rings. The molecule has 4 rings (SSSR count). The van der Waals surface area contributed by atoms with E-state index in [0.29, 0.717) is 22.6 Å². The van der Waals surface area contributed by atoms with Crippen molar-refractivity contribution in [3.8, 4) is 5.88 Å². The number of aromatic nitrogens is 4. The summed E-state index contributed by atoms with van der Waals surface area (Å²) in [4.78, 5) is 25.2. The molecule has 152 valence electrons. The van der Waals surface area contributed by atoms with Crippen LogP contribution in [0.15, 0.2) is 24.9 Å². The number of fused-ring (bicyclic) bond motifs is 1. The first-order chi connectivity index (χ1) is 13.9. The third-order valence-electron chi connectivity index (χ3n) is 4.54. The number of H-pyrrole nitrogens is 1. The SMILES string of the molecule is C=CC(=O)N1CC[C@H](F)[C@@H](Oc2nc(Nc3cc(C)ns3)nc3[nH]cc(Cl)c23)C1. The Labute approximate surface area is 174 Å². The standard InChI is InChI=1S/C18H18ClFN6O2S/c1-3-14(27)26-5-4-11(20)12(8-26)28-17-15-10(19)7-21-16(15)23-18(24-17)22-13-6-9(2)25-29-13/h3,6-7,11-12H,1,4-5,8H2,2H3,(H2,21,22,23,24)/t11-,12-/m0/s1. The first kappa shape index (κ1) is 19.6. The Hall–Kier alpha value is -2.72. The topological polar surface area (TPSA) is 96.0 Å². The molecule has 0 aliphatic carbocycles. The summed E-state index contributed by atoms with van der Waals surface area (Å²) in [6.07, 6.45) is 0.823. The molecule has 0 saturated carbocycles. The summed E-state index contributed by atoms with van der Waals surface area (Å²) in [5.41, 5.74) is 1.32. The molecule has 2 atom stereocenters. The van der Waals surface area contributed by atoms with Crippen LogP contribution >= 0.6 is 23.1 Å². The lowest BCUT2D eigenvalue weighted by atomic mass is 10.1. The predicted octanol–water partition coefficient (Wildman–Crippen LogP) is 3.62. The van der Waals surface area contributed by atoms with Gasteiger partial charge in [0.05, 0.1) is 22.6 Å². The number of halogens is 2. The lowest BCUT2D eigenvalue weighted by Gasteiger charge is -2.34. The molecule has 2 N–H and O–H groups in total. The van der Waals surface area contributed by atoms with E-state index in [1.54, 1.807) is 6.20 Å². The van der Waals surface area contributed by atoms with Gasteiger partial charge in [-0.05, 0) is 37.0 Å². The van der Waals surface area contributed by atoms with Crippen molar-refractivity contribution in [2.24, 2.45) is 0 Å². The first-order valence-electron chi connectivity index (χ1n) is 8.91. The Bertz CT molecular complexity index is 1070. The summed E-state index contributed by atoms with van der Waals surface area (Å²) >= 11 is 7.53. The summed E-state index contributed by atoms with van der Waals surface area (Å²) < 4.78 is 24.7. The van der Waals surface area contributed by atoms with E-state index >= 15 is 0 Å². The van der Waals surface area contributed by atoms with Crippen LogP contribution in [-0.2, 0) is 4.79 Å². The zero-order valence-corrected chi connectivity index (χ0v) is 17.1. The van der Waals surface area contributed by atoms with Gasteiger partial charge in [-0.2, -0.15) is 14.3 Å². The van der Waals surface area contributed by atoms with Crippen LogP contribution in [0.4, 0.5) is 15.3 Å². The number of nitrogens with zero attached hydrogens (tertiary/aromatic N) is 4. The van der Waals surface area contributed by atoms with Gasteiger partial charge in [0.25, 0.3) is 0 Å². The second kappa shape index (κ2) is 7.96. The monoisotopic (exact) mass is 436 g/mol. The van der Waals surface area contributed by atoms with Crippen LogP contribution < -0.4 is 10.1 Å². The van der Waals surface area contributed by atoms with Gasteiger partial charge in [0.1, 0.15) is 22.9 Å². The van der Waals surface area contributed by atoms with Gasteiger partial charge in [-0.3, -0.25) is 4.79 Å². The Kier molecular flexibility index (Phi) is 5.37. The van der Waals surface area contributed by atoms with Crippen molar-refractivity contribution in [3.63, 3.8) is 0 Å². The molecule has 1 aliphatic heterocycles. The van der Waals surface area contributed by atoms with Gasteiger partial charge in [-0.25, -0.2) is 4.39 Å². The number of ether oxygens (including phenoxy) is 1. The highest BCUT2D eigenvalue weighted by atomic mass is 35.5. The van der Waals surface area contributed by atoms with Crippen molar-refractivity contribution < 1.29 is 13.9 Å². The number of aryl methyl sites for hydroxylation is 1. The normalized spacial score (nSPS) is 19.3. The third-order valence-corrected chi connectivity index (χ3v) is 5.64. The molecular weight excluding hydrogens is 419 g/mol. The minimum absolute atomic E-state index is 0.0936. The molecule has 1 saturated heterocycles. The summed E-state index contributed by atoms with van der Waals surface area (Å²) in [6, 6.07) is 1.86. The minimum atomic E-state index is -1.24. The van der Waals surface area contributed by atoms with Crippen LogP contribution in [0.5, 0.6) is 5.88 Å². The lowest BCUT2D eigenvalue weighted by Crippen LogP contribution is -2.49. The summed E-state index contributed by atoms with van der Waals surface area (Å²) in [5, 5.41) is 4.65.